The first kappa shape index (κ1) is 16.3. The number of carbonyl (C=O) groups is 1. The van der Waals surface area contributed by atoms with Gasteiger partial charge in [0, 0.05) is 43.0 Å². The summed E-state index contributed by atoms with van der Waals surface area (Å²) in [6.45, 7) is 3.62. The van der Waals surface area contributed by atoms with Crippen molar-refractivity contribution in [2.45, 2.75) is 0 Å². The van der Waals surface area contributed by atoms with Crippen LogP contribution in [0.4, 0.5) is 10.1 Å². The molecule has 6 heteroatoms. The van der Waals surface area contributed by atoms with Crippen molar-refractivity contribution >= 4 is 24.5 Å². The van der Waals surface area contributed by atoms with Crippen molar-refractivity contribution in [2.75, 3.05) is 19.0 Å². The number of benzene rings is 1. The number of halogens is 1. The van der Waals surface area contributed by atoms with Crippen LogP contribution in [0.3, 0.4) is 0 Å². The molecule has 1 aromatic rings. The molecule has 0 bridgehead atoms. The molecule has 110 valence electrons. The Morgan fingerprint density at radius 3 is 2.95 bits per heavy atom. The summed E-state index contributed by atoms with van der Waals surface area (Å²) in [5.41, 5.74) is 1.03. The van der Waals surface area contributed by atoms with Crippen LogP contribution >= 0.6 is 0 Å². The Hall–Kier alpha value is -2.76. The number of nitrogens with one attached hydrogen (secondary N) is 1. The van der Waals surface area contributed by atoms with E-state index in [4.69, 9.17) is 4.74 Å². The van der Waals surface area contributed by atoms with Crippen LogP contribution in [0.1, 0.15) is 0 Å². The number of hydrogen-bond acceptors (Lipinski definition) is 4. The van der Waals surface area contributed by atoms with Gasteiger partial charge in [0.1, 0.15) is 6.61 Å². The van der Waals surface area contributed by atoms with E-state index in [0.29, 0.717) is 17.7 Å². The van der Waals surface area contributed by atoms with Gasteiger partial charge in [-0.05, 0) is 12.1 Å². The van der Waals surface area contributed by atoms with Crippen molar-refractivity contribution in [3.05, 3.63) is 48.4 Å². The zero-order valence-electron chi connectivity index (χ0n) is 11.6. The molecule has 0 fully saturated rings. The van der Waals surface area contributed by atoms with Crippen LogP contribution < -0.4 is 10.1 Å². The zero-order chi connectivity index (χ0) is 15.5. The topological polar surface area (TPSA) is 63.1 Å². The molecule has 0 aliphatic rings. The lowest BCUT2D eigenvalue weighted by Crippen LogP contribution is -2.04. The third-order valence-electron chi connectivity index (χ3n) is 2.28. The van der Waals surface area contributed by atoms with Gasteiger partial charge in [-0.3, -0.25) is 14.8 Å². The molecule has 0 aromatic heterocycles. The molecule has 0 heterocycles. The lowest BCUT2D eigenvalue weighted by molar-refractivity contribution is -0.105. The third kappa shape index (κ3) is 5.82. The highest BCUT2D eigenvalue weighted by molar-refractivity contribution is 5.79. The lowest BCUT2D eigenvalue weighted by atomic mass is 10.3. The molecule has 0 saturated carbocycles. The highest BCUT2D eigenvalue weighted by atomic mass is 19.1. The molecule has 0 aliphatic heterocycles. The minimum Gasteiger partial charge on any atom is -0.486 e. The number of carbonyl (C=O) groups excluding carboxylic acids is 1. The number of nitrogens with zero attached hydrogens (tertiary/aromatic N) is 2. The normalized spacial score (nSPS) is 11.8. The second kappa shape index (κ2) is 9.19. The Kier molecular flexibility index (Phi) is 7.13. The van der Waals surface area contributed by atoms with E-state index in [1.165, 1.54) is 24.4 Å². The molecule has 5 nitrogen and oxygen atoms in total. The average molecular weight is 289 g/mol. The molecule has 0 radical (unpaired) electrons. The minimum atomic E-state index is -0.566. The summed E-state index contributed by atoms with van der Waals surface area (Å²) in [6.07, 6.45) is 6.65. The number of anilines is 1. The second-order valence-electron chi connectivity index (χ2n) is 3.82. The lowest BCUT2D eigenvalue weighted by Gasteiger charge is -2.08. The van der Waals surface area contributed by atoms with Gasteiger partial charge in [-0.25, -0.2) is 4.39 Å². The maximum absolute atomic E-state index is 13.7. The Balaban J connectivity index is 2.75. The van der Waals surface area contributed by atoms with E-state index in [2.05, 4.69) is 21.9 Å². The van der Waals surface area contributed by atoms with Gasteiger partial charge in [0.05, 0.1) is 0 Å². The average Bonchev–Trinajstić information content (AvgIpc) is 2.47. The van der Waals surface area contributed by atoms with Crippen molar-refractivity contribution in [3.8, 4) is 5.75 Å². The smallest absolute Gasteiger partial charge is 0.211 e. The predicted octanol–water partition coefficient (Wildman–Crippen LogP) is 2.61. The molecule has 1 amide bonds. The van der Waals surface area contributed by atoms with Crippen LogP contribution in [0.5, 0.6) is 5.75 Å². The third-order valence-corrected chi connectivity index (χ3v) is 2.28. The fraction of sp³-hybridized carbons (Fsp3) is 0.133. The summed E-state index contributed by atoms with van der Waals surface area (Å²) >= 11 is 0. The van der Waals surface area contributed by atoms with Crippen LogP contribution in [0.15, 0.2) is 52.6 Å². The highest BCUT2D eigenvalue weighted by Crippen LogP contribution is 2.21. The van der Waals surface area contributed by atoms with Crippen LogP contribution in [-0.4, -0.2) is 32.5 Å². The van der Waals surface area contributed by atoms with E-state index in [1.807, 2.05) is 0 Å². The molecule has 1 rings (SSSR count). The number of allylic oxidation sites excluding steroid dienone is 1. The van der Waals surface area contributed by atoms with Crippen LogP contribution in [0.2, 0.25) is 0 Å². The molecule has 1 aromatic carbocycles. The fourth-order valence-corrected chi connectivity index (χ4v) is 1.41. The van der Waals surface area contributed by atoms with Gasteiger partial charge in [0.15, 0.2) is 11.6 Å². The molecular formula is C15H16FN3O2. The summed E-state index contributed by atoms with van der Waals surface area (Å²) < 4.78 is 19.1. The van der Waals surface area contributed by atoms with Crippen LogP contribution in [-0.2, 0) is 4.79 Å². The minimum absolute atomic E-state index is 0.0783. The van der Waals surface area contributed by atoms with Gasteiger partial charge in [-0.15, -0.1) is 0 Å². The van der Waals surface area contributed by atoms with Crippen molar-refractivity contribution < 1.29 is 13.9 Å². The Bertz CT molecular complexity index is 580. The summed E-state index contributed by atoms with van der Waals surface area (Å²) in [5.74, 6) is -0.487. The SMILES string of the molecule is C=C\C=N/C=C(/C=N\C)COc1ccc(NC=O)cc1F. The molecule has 0 aliphatic carbocycles. The Morgan fingerprint density at radius 1 is 1.52 bits per heavy atom. The van der Waals surface area contributed by atoms with E-state index in [0.717, 1.165) is 0 Å². The number of amides is 1. The van der Waals surface area contributed by atoms with E-state index in [-0.39, 0.29) is 12.4 Å². The molecule has 0 saturated heterocycles. The van der Waals surface area contributed by atoms with E-state index in [9.17, 15) is 9.18 Å². The van der Waals surface area contributed by atoms with Gasteiger partial charge in [-0.2, -0.15) is 0 Å². The van der Waals surface area contributed by atoms with Gasteiger partial charge in [-0.1, -0.05) is 12.7 Å². The van der Waals surface area contributed by atoms with E-state index >= 15 is 0 Å². The monoisotopic (exact) mass is 289 g/mol. The summed E-state index contributed by atoms with van der Waals surface area (Å²) in [6, 6.07) is 4.16. The van der Waals surface area contributed by atoms with Crippen molar-refractivity contribution in [2.24, 2.45) is 9.98 Å². The Morgan fingerprint density at radius 2 is 2.33 bits per heavy atom. The van der Waals surface area contributed by atoms with E-state index in [1.54, 1.807) is 25.5 Å². The number of hydrogen-bond donors (Lipinski definition) is 1. The quantitative estimate of drug-likeness (QED) is 0.590. The van der Waals surface area contributed by atoms with Gasteiger partial charge < -0.3 is 10.1 Å². The second-order valence-corrected chi connectivity index (χ2v) is 3.82. The Labute approximate surface area is 122 Å². The maximum atomic E-state index is 13.7. The molecular weight excluding hydrogens is 273 g/mol. The highest BCUT2D eigenvalue weighted by Gasteiger charge is 2.05. The zero-order valence-corrected chi connectivity index (χ0v) is 11.6. The summed E-state index contributed by atoms with van der Waals surface area (Å²) in [5, 5.41) is 2.36. The largest absolute Gasteiger partial charge is 0.486 e. The molecule has 21 heavy (non-hydrogen) atoms. The number of ether oxygens (including phenoxy) is 1. The van der Waals surface area contributed by atoms with Crippen LogP contribution in [0, 0.1) is 5.82 Å². The van der Waals surface area contributed by atoms with Gasteiger partial charge >= 0.3 is 0 Å². The molecule has 0 unspecified atom stereocenters. The first-order valence-electron chi connectivity index (χ1n) is 6.09. The van der Waals surface area contributed by atoms with E-state index < -0.39 is 5.82 Å². The summed E-state index contributed by atoms with van der Waals surface area (Å²) in [4.78, 5) is 18.1. The number of rotatable bonds is 8. The van der Waals surface area contributed by atoms with Crippen LogP contribution in [0.25, 0.3) is 0 Å². The fourth-order valence-electron chi connectivity index (χ4n) is 1.41. The first-order valence-corrected chi connectivity index (χ1v) is 6.09. The first-order chi connectivity index (χ1) is 10.2. The maximum Gasteiger partial charge on any atom is 0.211 e. The molecule has 0 spiro atoms. The molecule has 0 atom stereocenters. The predicted molar refractivity (Wildman–Crippen MR) is 82.8 cm³/mol. The van der Waals surface area contributed by atoms with Crippen molar-refractivity contribution in [3.63, 3.8) is 0 Å². The molecule has 1 N–H and O–H groups in total. The van der Waals surface area contributed by atoms with Crippen molar-refractivity contribution in [1.82, 2.24) is 0 Å². The standard InChI is InChI=1S/C15H16FN3O2/c1-3-6-18-9-12(8-17-2)10-21-15-5-4-13(19-11-20)7-14(15)16/h3-9,11H,1,10H2,2H3,(H,19,20)/b12-9-,17-8-,18-6-. The van der Waals surface area contributed by atoms with Gasteiger partial charge in [0.25, 0.3) is 0 Å². The van der Waals surface area contributed by atoms with Gasteiger partial charge in [0.2, 0.25) is 6.41 Å². The summed E-state index contributed by atoms with van der Waals surface area (Å²) in [7, 11) is 1.62. The number of aliphatic imine (C=N–C) groups is 2. The van der Waals surface area contributed by atoms with Crippen molar-refractivity contribution in [1.29, 1.82) is 0 Å².